The van der Waals surface area contributed by atoms with E-state index in [0.29, 0.717) is 0 Å². The van der Waals surface area contributed by atoms with Crippen LogP contribution in [0.25, 0.3) is 10.1 Å². The lowest BCUT2D eigenvalue weighted by molar-refractivity contribution is 0.404. The van der Waals surface area contributed by atoms with Gasteiger partial charge in [-0.1, -0.05) is 0 Å². The van der Waals surface area contributed by atoms with E-state index in [1.807, 2.05) is 20.2 Å². The maximum Gasteiger partial charge on any atom is 0.123 e. The molecule has 2 rings (SSSR count). The highest BCUT2D eigenvalue weighted by Gasteiger charge is 2.05. The van der Waals surface area contributed by atoms with E-state index in [2.05, 4.69) is 10.3 Å². The van der Waals surface area contributed by atoms with Gasteiger partial charge in [0.2, 0.25) is 0 Å². The highest BCUT2D eigenvalue weighted by molar-refractivity contribution is 7.17. The van der Waals surface area contributed by atoms with Gasteiger partial charge in [-0.05, 0) is 48.6 Å². The van der Waals surface area contributed by atoms with Crippen molar-refractivity contribution in [3.8, 4) is 0 Å². The third-order valence-electron chi connectivity index (χ3n) is 2.10. The normalized spacial score (nSPS) is 11.4. The number of benzene rings is 1. The van der Waals surface area contributed by atoms with Crippen LogP contribution in [0.5, 0.6) is 0 Å². The van der Waals surface area contributed by atoms with E-state index >= 15 is 0 Å². The molecule has 0 amide bonds. The van der Waals surface area contributed by atoms with Crippen molar-refractivity contribution in [2.45, 2.75) is 6.54 Å². The SMILES string of the molecule is CN(C)Cc1csc2ccc(F)cc12. The van der Waals surface area contributed by atoms with E-state index in [1.54, 1.807) is 17.4 Å². The molecule has 1 aromatic carbocycles. The smallest absolute Gasteiger partial charge is 0.123 e. The standard InChI is InChI=1S/C11H12FNS/c1-13(2)6-8-7-14-11-4-3-9(12)5-10(8)11/h3-5,7H,6H2,1-2H3. The van der Waals surface area contributed by atoms with Gasteiger partial charge < -0.3 is 4.90 Å². The molecular formula is C11H12FNS. The van der Waals surface area contributed by atoms with Gasteiger partial charge in [0.1, 0.15) is 5.82 Å². The zero-order chi connectivity index (χ0) is 10.1. The lowest BCUT2D eigenvalue weighted by Gasteiger charge is -2.07. The van der Waals surface area contributed by atoms with Crippen LogP contribution >= 0.6 is 11.3 Å². The summed E-state index contributed by atoms with van der Waals surface area (Å²) in [5, 5.41) is 3.15. The molecule has 0 N–H and O–H groups in total. The Kier molecular flexibility index (Phi) is 2.52. The second-order valence-electron chi connectivity index (χ2n) is 3.64. The lowest BCUT2D eigenvalue weighted by Crippen LogP contribution is -2.09. The van der Waals surface area contributed by atoms with Crippen molar-refractivity contribution in [2.24, 2.45) is 0 Å². The zero-order valence-corrected chi connectivity index (χ0v) is 9.07. The second kappa shape index (κ2) is 3.67. The van der Waals surface area contributed by atoms with Crippen LogP contribution < -0.4 is 0 Å². The maximum atomic E-state index is 13.0. The molecule has 0 aliphatic heterocycles. The Balaban J connectivity index is 2.50. The van der Waals surface area contributed by atoms with Crippen molar-refractivity contribution in [2.75, 3.05) is 14.1 Å². The van der Waals surface area contributed by atoms with Crippen molar-refractivity contribution in [3.63, 3.8) is 0 Å². The number of nitrogens with zero attached hydrogens (tertiary/aromatic N) is 1. The molecule has 0 atom stereocenters. The molecule has 0 saturated heterocycles. The largest absolute Gasteiger partial charge is 0.305 e. The molecule has 0 radical (unpaired) electrons. The molecule has 1 aromatic heterocycles. The fourth-order valence-electron chi connectivity index (χ4n) is 1.52. The predicted octanol–water partition coefficient (Wildman–Crippen LogP) is 3.10. The van der Waals surface area contributed by atoms with Crippen LogP contribution in [0.1, 0.15) is 5.56 Å². The van der Waals surface area contributed by atoms with Gasteiger partial charge in [0, 0.05) is 11.2 Å². The molecule has 0 spiro atoms. The van der Waals surface area contributed by atoms with Crippen molar-refractivity contribution in [1.82, 2.24) is 4.90 Å². The zero-order valence-electron chi connectivity index (χ0n) is 8.25. The quantitative estimate of drug-likeness (QED) is 0.734. The number of thiophene rings is 1. The van der Waals surface area contributed by atoms with Crippen LogP contribution in [0.2, 0.25) is 0 Å². The molecule has 14 heavy (non-hydrogen) atoms. The Morgan fingerprint density at radius 3 is 2.86 bits per heavy atom. The van der Waals surface area contributed by atoms with E-state index in [4.69, 9.17) is 0 Å². The summed E-state index contributed by atoms with van der Waals surface area (Å²) in [6.45, 7) is 0.865. The Bertz CT molecular complexity index is 447. The molecule has 0 aliphatic rings. The van der Waals surface area contributed by atoms with Gasteiger partial charge in [-0.2, -0.15) is 0 Å². The average molecular weight is 209 g/mol. The van der Waals surface area contributed by atoms with Crippen molar-refractivity contribution in [1.29, 1.82) is 0 Å². The molecule has 74 valence electrons. The van der Waals surface area contributed by atoms with Gasteiger partial charge in [-0.3, -0.25) is 0 Å². The van der Waals surface area contributed by atoms with Gasteiger partial charge in [-0.25, -0.2) is 4.39 Å². The first-order valence-corrected chi connectivity index (χ1v) is 5.35. The van der Waals surface area contributed by atoms with Crippen molar-refractivity contribution in [3.05, 3.63) is 35.0 Å². The fourth-order valence-corrected chi connectivity index (χ4v) is 2.45. The summed E-state index contributed by atoms with van der Waals surface area (Å²) in [5.74, 6) is -0.157. The molecule has 0 unspecified atom stereocenters. The van der Waals surface area contributed by atoms with Crippen LogP contribution in [0.4, 0.5) is 4.39 Å². The predicted molar refractivity (Wildman–Crippen MR) is 59.2 cm³/mol. The summed E-state index contributed by atoms with van der Waals surface area (Å²) < 4.78 is 14.2. The van der Waals surface area contributed by atoms with E-state index < -0.39 is 0 Å². The highest BCUT2D eigenvalue weighted by Crippen LogP contribution is 2.27. The fraction of sp³-hybridized carbons (Fsp3) is 0.273. The summed E-state index contributed by atoms with van der Waals surface area (Å²) in [7, 11) is 4.03. The van der Waals surface area contributed by atoms with Crippen molar-refractivity contribution >= 4 is 21.4 Å². The topological polar surface area (TPSA) is 3.24 Å². The van der Waals surface area contributed by atoms with Crippen LogP contribution in [-0.4, -0.2) is 19.0 Å². The number of hydrogen-bond acceptors (Lipinski definition) is 2. The molecule has 0 saturated carbocycles. The number of halogens is 1. The van der Waals surface area contributed by atoms with Crippen LogP contribution in [0.15, 0.2) is 23.6 Å². The molecule has 3 heteroatoms. The van der Waals surface area contributed by atoms with Crippen LogP contribution in [0.3, 0.4) is 0 Å². The third kappa shape index (κ3) is 1.79. The van der Waals surface area contributed by atoms with Gasteiger partial charge in [-0.15, -0.1) is 11.3 Å². The molecule has 0 aliphatic carbocycles. The average Bonchev–Trinajstić information content (AvgIpc) is 2.47. The van der Waals surface area contributed by atoms with E-state index in [9.17, 15) is 4.39 Å². The minimum Gasteiger partial charge on any atom is -0.305 e. The molecule has 1 heterocycles. The number of fused-ring (bicyclic) bond motifs is 1. The first-order chi connectivity index (χ1) is 6.66. The first-order valence-electron chi connectivity index (χ1n) is 4.47. The minimum atomic E-state index is -0.157. The van der Waals surface area contributed by atoms with Gasteiger partial charge in [0.25, 0.3) is 0 Å². The molecule has 1 nitrogen and oxygen atoms in total. The van der Waals surface area contributed by atoms with Crippen LogP contribution in [-0.2, 0) is 6.54 Å². The molecule has 0 fully saturated rings. The summed E-state index contributed by atoms with van der Waals surface area (Å²) >= 11 is 1.67. The van der Waals surface area contributed by atoms with E-state index in [-0.39, 0.29) is 5.82 Å². The highest BCUT2D eigenvalue weighted by atomic mass is 32.1. The summed E-state index contributed by atoms with van der Waals surface area (Å²) in [4.78, 5) is 2.09. The Morgan fingerprint density at radius 2 is 2.14 bits per heavy atom. The van der Waals surface area contributed by atoms with Crippen molar-refractivity contribution < 1.29 is 4.39 Å². The van der Waals surface area contributed by atoms with E-state index in [0.717, 1.165) is 16.6 Å². The number of hydrogen-bond donors (Lipinski definition) is 0. The monoisotopic (exact) mass is 209 g/mol. The molecule has 0 bridgehead atoms. The third-order valence-corrected chi connectivity index (χ3v) is 3.11. The Labute approximate surface area is 86.8 Å². The maximum absolute atomic E-state index is 13.0. The second-order valence-corrected chi connectivity index (χ2v) is 4.55. The number of rotatable bonds is 2. The van der Waals surface area contributed by atoms with Gasteiger partial charge in [0.05, 0.1) is 0 Å². The van der Waals surface area contributed by atoms with Gasteiger partial charge >= 0.3 is 0 Å². The summed E-state index contributed by atoms with van der Waals surface area (Å²) in [6, 6.07) is 4.97. The summed E-state index contributed by atoms with van der Waals surface area (Å²) in [6.07, 6.45) is 0. The molecular weight excluding hydrogens is 197 g/mol. The lowest BCUT2D eigenvalue weighted by atomic mass is 10.1. The molecule has 2 aromatic rings. The summed E-state index contributed by atoms with van der Waals surface area (Å²) in [5.41, 5.74) is 1.20. The Morgan fingerprint density at radius 1 is 1.36 bits per heavy atom. The Hall–Kier alpha value is -0.930. The van der Waals surface area contributed by atoms with E-state index in [1.165, 1.54) is 11.6 Å². The first kappa shape index (κ1) is 9.62. The van der Waals surface area contributed by atoms with Gasteiger partial charge in [0.15, 0.2) is 0 Å². The van der Waals surface area contributed by atoms with Crippen LogP contribution in [0, 0.1) is 5.82 Å². The minimum absolute atomic E-state index is 0.157.